The Morgan fingerprint density at radius 3 is 2.78 bits per heavy atom. The highest BCUT2D eigenvalue weighted by atomic mass is 15.2. The zero-order valence-electron chi connectivity index (χ0n) is 11.7. The molecule has 1 saturated heterocycles. The summed E-state index contributed by atoms with van der Waals surface area (Å²) in [5.74, 6) is 0. The Hall–Kier alpha value is -0.890. The maximum Gasteiger partial charge on any atom is 0.0441 e. The van der Waals surface area contributed by atoms with E-state index in [1.165, 1.54) is 56.5 Å². The molecule has 2 heteroatoms. The van der Waals surface area contributed by atoms with Crippen LogP contribution in [0.3, 0.4) is 0 Å². The molecule has 0 bridgehead atoms. The average Bonchev–Trinajstić information content (AvgIpc) is 2.76. The highest BCUT2D eigenvalue weighted by molar-refractivity contribution is 5.28. The minimum atomic E-state index is 0.542. The Balaban J connectivity index is 1.68. The summed E-state index contributed by atoms with van der Waals surface area (Å²) in [6, 6.07) is 5.12. The van der Waals surface area contributed by atoms with Crippen LogP contribution in [-0.4, -0.2) is 29.0 Å². The van der Waals surface area contributed by atoms with Crippen LogP contribution in [0.25, 0.3) is 0 Å². The van der Waals surface area contributed by atoms with Crippen molar-refractivity contribution in [3.63, 3.8) is 0 Å². The van der Waals surface area contributed by atoms with E-state index in [1.807, 2.05) is 6.20 Å². The molecule has 0 radical (unpaired) electrons. The molecule has 0 amide bonds. The lowest BCUT2D eigenvalue weighted by Crippen LogP contribution is -2.44. The fourth-order valence-electron chi connectivity index (χ4n) is 3.66. The van der Waals surface area contributed by atoms with E-state index in [-0.39, 0.29) is 0 Å². The van der Waals surface area contributed by atoms with Gasteiger partial charge in [-0.05, 0) is 69.2 Å². The summed E-state index contributed by atoms with van der Waals surface area (Å²) in [6.45, 7) is 7.22. The first kappa shape index (κ1) is 12.2. The Morgan fingerprint density at radius 1 is 1.33 bits per heavy atom. The van der Waals surface area contributed by atoms with Crippen LogP contribution in [0.1, 0.15) is 44.4 Å². The molecule has 1 unspecified atom stereocenters. The molecule has 2 nitrogen and oxygen atoms in total. The summed E-state index contributed by atoms with van der Waals surface area (Å²) in [5, 5.41) is 0. The van der Waals surface area contributed by atoms with Gasteiger partial charge in [-0.3, -0.25) is 4.98 Å². The first-order chi connectivity index (χ1) is 8.72. The zero-order valence-corrected chi connectivity index (χ0v) is 11.7. The fourth-order valence-corrected chi connectivity index (χ4v) is 3.66. The second kappa shape index (κ2) is 4.65. The molecule has 2 aliphatic rings. The van der Waals surface area contributed by atoms with E-state index < -0.39 is 0 Å². The SMILES string of the molecule is CCC(C)N1CCC2(CC1)Cc1cccnc1C2. The van der Waals surface area contributed by atoms with Crippen LogP contribution < -0.4 is 0 Å². The third-order valence-electron chi connectivity index (χ3n) is 5.17. The van der Waals surface area contributed by atoms with Crippen molar-refractivity contribution in [1.82, 2.24) is 9.88 Å². The molecule has 3 rings (SSSR count). The van der Waals surface area contributed by atoms with Gasteiger partial charge in [0.2, 0.25) is 0 Å². The standard InChI is InChI=1S/C16H24N2/c1-3-13(2)18-9-6-16(7-10-18)11-14-5-4-8-17-15(14)12-16/h4-5,8,13H,3,6-7,9-12H2,1-2H3. The third kappa shape index (κ3) is 2.07. The number of aromatic nitrogens is 1. The molecule has 0 saturated carbocycles. The van der Waals surface area contributed by atoms with Crippen molar-refractivity contribution in [2.24, 2.45) is 5.41 Å². The van der Waals surface area contributed by atoms with Gasteiger partial charge in [0.25, 0.3) is 0 Å². The van der Waals surface area contributed by atoms with Crippen LogP contribution in [0.5, 0.6) is 0 Å². The third-order valence-corrected chi connectivity index (χ3v) is 5.17. The summed E-state index contributed by atoms with van der Waals surface area (Å²) >= 11 is 0. The van der Waals surface area contributed by atoms with Crippen LogP contribution in [0, 0.1) is 5.41 Å². The predicted octanol–water partition coefficient (Wildman–Crippen LogP) is 3.06. The molecule has 1 atom stereocenters. The number of hydrogen-bond donors (Lipinski definition) is 0. The van der Waals surface area contributed by atoms with E-state index in [2.05, 4.69) is 35.9 Å². The Bertz CT molecular complexity index is 392. The maximum atomic E-state index is 4.57. The van der Waals surface area contributed by atoms with Gasteiger partial charge < -0.3 is 4.90 Å². The summed E-state index contributed by atoms with van der Waals surface area (Å²) < 4.78 is 0. The highest BCUT2D eigenvalue weighted by Crippen LogP contribution is 2.44. The molecule has 2 heterocycles. The van der Waals surface area contributed by atoms with Crippen molar-refractivity contribution >= 4 is 0 Å². The van der Waals surface area contributed by atoms with E-state index in [0.29, 0.717) is 5.41 Å². The first-order valence-corrected chi connectivity index (χ1v) is 7.39. The smallest absolute Gasteiger partial charge is 0.0441 e. The Morgan fingerprint density at radius 2 is 2.11 bits per heavy atom. The molecule has 18 heavy (non-hydrogen) atoms. The van der Waals surface area contributed by atoms with Crippen molar-refractivity contribution in [2.75, 3.05) is 13.1 Å². The highest BCUT2D eigenvalue weighted by Gasteiger charge is 2.40. The lowest BCUT2D eigenvalue weighted by Gasteiger charge is -2.41. The molecule has 1 aliphatic heterocycles. The lowest BCUT2D eigenvalue weighted by atomic mass is 9.76. The van der Waals surface area contributed by atoms with Gasteiger partial charge in [-0.15, -0.1) is 0 Å². The lowest BCUT2D eigenvalue weighted by molar-refractivity contribution is 0.0821. The second-order valence-corrected chi connectivity index (χ2v) is 6.26. The molecule has 1 aromatic rings. The maximum absolute atomic E-state index is 4.57. The number of rotatable bonds is 2. The Labute approximate surface area is 110 Å². The van der Waals surface area contributed by atoms with Gasteiger partial charge in [0.1, 0.15) is 0 Å². The number of likely N-dealkylation sites (tertiary alicyclic amines) is 1. The van der Waals surface area contributed by atoms with Crippen LogP contribution in [-0.2, 0) is 12.8 Å². The van der Waals surface area contributed by atoms with Gasteiger partial charge in [0.05, 0.1) is 0 Å². The van der Waals surface area contributed by atoms with E-state index in [0.717, 1.165) is 6.04 Å². The normalized spacial score (nSPS) is 24.1. The minimum Gasteiger partial charge on any atom is -0.301 e. The molecular weight excluding hydrogens is 220 g/mol. The van der Waals surface area contributed by atoms with Crippen molar-refractivity contribution in [2.45, 2.75) is 52.0 Å². The van der Waals surface area contributed by atoms with E-state index in [4.69, 9.17) is 0 Å². The zero-order chi connectivity index (χ0) is 12.6. The van der Waals surface area contributed by atoms with E-state index >= 15 is 0 Å². The van der Waals surface area contributed by atoms with Crippen molar-refractivity contribution in [3.05, 3.63) is 29.6 Å². The summed E-state index contributed by atoms with van der Waals surface area (Å²) in [4.78, 5) is 7.23. The molecule has 0 aromatic carbocycles. The molecule has 0 N–H and O–H groups in total. The summed E-state index contributed by atoms with van der Waals surface area (Å²) in [7, 11) is 0. The minimum absolute atomic E-state index is 0.542. The van der Waals surface area contributed by atoms with Gasteiger partial charge in [0.15, 0.2) is 0 Å². The van der Waals surface area contributed by atoms with E-state index in [9.17, 15) is 0 Å². The van der Waals surface area contributed by atoms with Gasteiger partial charge in [-0.1, -0.05) is 13.0 Å². The molecule has 98 valence electrons. The molecule has 1 fully saturated rings. The summed E-state index contributed by atoms with van der Waals surface area (Å²) in [5.41, 5.74) is 3.42. The van der Waals surface area contributed by atoms with Gasteiger partial charge in [0, 0.05) is 17.9 Å². The van der Waals surface area contributed by atoms with Crippen LogP contribution >= 0.6 is 0 Å². The number of pyridine rings is 1. The fraction of sp³-hybridized carbons (Fsp3) is 0.688. The van der Waals surface area contributed by atoms with Gasteiger partial charge >= 0.3 is 0 Å². The van der Waals surface area contributed by atoms with Crippen LogP contribution in [0.15, 0.2) is 18.3 Å². The average molecular weight is 244 g/mol. The number of piperidine rings is 1. The first-order valence-electron chi connectivity index (χ1n) is 7.39. The number of nitrogens with zero attached hydrogens (tertiary/aromatic N) is 2. The van der Waals surface area contributed by atoms with Gasteiger partial charge in [-0.25, -0.2) is 0 Å². The monoisotopic (exact) mass is 244 g/mol. The molecule has 1 aromatic heterocycles. The largest absolute Gasteiger partial charge is 0.301 e. The van der Waals surface area contributed by atoms with Crippen LogP contribution in [0.2, 0.25) is 0 Å². The number of fused-ring (bicyclic) bond motifs is 1. The van der Waals surface area contributed by atoms with Gasteiger partial charge in [-0.2, -0.15) is 0 Å². The molecular formula is C16H24N2. The summed E-state index contributed by atoms with van der Waals surface area (Å²) in [6.07, 6.45) is 8.42. The van der Waals surface area contributed by atoms with Crippen LogP contribution in [0.4, 0.5) is 0 Å². The topological polar surface area (TPSA) is 16.1 Å². The number of hydrogen-bond acceptors (Lipinski definition) is 2. The van der Waals surface area contributed by atoms with Crippen molar-refractivity contribution < 1.29 is 0 Å². The molecule has 1 aliphatic carbocycles. The molecule has 1 spiro atoms. The quantitative estimate of drug-likeness (QED) is 0.795. The second-order valence-electron chi connectivity index (χ2n) is 6.26. The van der Waals surface area contributed by atoms with Crippen molar-refractivity contribution in [1.29, 1.82) is 0 Å². The Kier molecular flexibility index (Phi) is 3.14. The predicted molar refractivity (Wildman–Crippen MR) is 74.6 cm³/mol. The van der Waals surface area contributed by atoms with Crippen molar-refractivity contribution in [3.8, 4) is 0 Å². The van der Waals surface area contributed by atoms with E-state index in [1.54, 1.807) is 0 Å².